The molecule has 0 radical (unpaired) electrons. The molecule has 0 saturated carbocycles. The van der Waals surface area contributed by atoms with Gasteiger partial charge in [0.1, 0.15) is 11.9 Å². The molecule has 2 rings (SSSR count). The first kappa shape index (κ1) is 10.7. The second kappa shape index (κ2) is 4.35. The summed E-state index contributed by atoms with van der Waals surface area (Å²) in [5.74, 6) is -0.492. The fraction of sp³-hybridized carbons (Fsp3) is 0.250. The van der Waals surface area contributed by atoms with E-state index in [1.807, 2.05) is 0 Å². The zero-order valence-corrected chi connectivity index (χ0v) is 9.23. The van der Waals surface area contributed by atoms with Crippen LogP contribution in [0, 0.1) is 0 Å². The second-order valence-corrected chi connectivity index (χ2v) is 3.98. The molecule has 84 valence electrons. The molecule has 0 saturated heterocycles. The van der Waals surface area contributed by atoms with Crippen LogP contribution in [0.25, 0.3) is 0 Å². The van der Waals surface area contributed by atoms with Gasteiger partial charge in [-0.3, -0.25) is 9.78 Å². The third-order valence-corrected chi connectivity index (χ3v) is 2.92. The number of carboxylic acid groups (broad SMARTS) is 1. The first-order valence-corrected chi connectivity index (χ1v) is 5.39. The highest BCUT2D eigenvalue weighted by molar-refractivity contribution is 7.98. The molecule has 0 spiro atoms. The van der Waals surface area contributed by atoms with Crippen LogP contribution in [0.15, 0.2) is 17.7 Å². The van der Waals surface area contributed by atoms with Gasteiger partial charge in [0.15, 0.2) is 5.16 Å². The molecule has 2 heterocycles. The van der Waals surface area contributed by atoms with Gasteiger partial charge in [0, 0.05) is 12.8 Å². The van der Waals surface area contributed by atoms with Gasteiger partial charge in [0.2, 0.25) is 0 Å². The Bertz CT molecular complexity index is 493. The topological polar surface area (TPSA) is 96.7 Å². The number of H-pyrrole nitrogens is 1. The normalized spacial score (nSPS) is 10.6. The molecule has 0 aliphatic heterocycles. The van der Waals surface area contributed by atoms with Crippen molar-refractivity contribution in [2.75, 3.05) is 0 Å². The van der Waals surface area contributed by atoms with Crippen LogP contribution in [-0.2, 0) is 12.8 Å². The molecule has 2 N–H and O–H groups in total. The van der Waals surface area contributed by atoms with E-state index in [0.717, 1.165) is 0 Å². The molecule has 2 aromatic heterocycles. The Morgan fingerprint density at radius 1 is 1.69 bits per heavy atom. The van der Waals surface area contributed by atoms with Crippen molar-refractivity contribution in [2.24, 2.45) is 7.05 Å². The summed E-state index contributed by atoms with van der Waals surface area (Å²) in [7, 11) is 1.71. The predicted octanol–water partition coefficient (Wildman–Crippen LogP) is 0.529. The first-order chi connectivity index (χ1) is 7.68. The number of nitrogens with one attached hydrogen (secondary N) is 1. The number of rotatable bonds is 4. The van der Waals surface area contributed by atoms with Gasteiger partial charge in [-0.25, -0.2) is 9.78 Å². The molecule has 8 heteroatoms. The summed E-state index contributed by atoms with van der Waals surface area (Å²) in [6, 6.07) is 0. The Morgan fingerprint density at radius 3 is 3.12 bits per heavy atom. The molecule has 2 aromatic rings. The number of thioether (sulfide) groups is 1. The lowest BCUT2D eigenvalue weighted by molar-refractivity contribution is 0.0696. The van der Waals surface area contributed by atoms with Gasteiger partial charge < -0.3 is 5.11 Å². The summed E-state index contributed by atoms with van der Waals surface area (Å²) in [6.45, 7) is 0. The maximum atomic E-state index is 10.9. The second-order valence-electron chi connectivity index (χ2n) is 3.01. The standard InChI is InChI=1S/C8H9N5O2S/c1-13-6(5(2-11-13)7(14)15)3-16-8-9-4-10-12-8/h2,4H,3H2,1H3,(H,14,15)(H,9,10,12). The molecular weight excluding hydrogens is 230 g/mol. The zero-order chi connectivity index (χ0) is 11.5. The van der Waals surface area contributed by atoms with Crippen molar-refractivity contribution >= 4 is 17.7 Å². The van der Waals surface area contributed by atoms with Crippen LogP contribution in [0.3, 0.4) is 0 Å². The van der Waals surface area contributed by atoms with E-state index in [-0.39, 0.29) is 5.56 Å². The third-order valence-electron chi connectivity index (χ3n) is 2.03. The van der Waals surface area contributed by atoms with E-state index in [9.17, 15) is 4.79 Å². The number of aromatic amines is 1. The SMILES string of the molecule is Cn1ncc(C(=O)O)c1CSc1ncn[nH]1. The van der Waals surface area contributed by atoms with Gasteiger partial charge in [-0.05, 0) is 0 Å². The van der Waals surface area contributed by atoms with Crippen molar-refractivity contribution in [3.63, 3.8) is 0 Å². The zero-order valence-electron chi connectivity index (χ0n) is 8.41. The molecule has 0 atom stereocenters. The van der Waals surface area contributed by atoms with Crippen LogP contribution in [0.4, 0.5) is 0 Å². The maximum Gasteiger partial charge on any atom is 0.339 e. The Kier molecular flexibility index (Phi) is 2.91. The van der Waals surface area contributed by atoms with Crippen molar-refractivity contribution < 1.29 is 9.90 Å². The van der Waals surface area contributed by atoms with Crippen LogP contribution in [0.2, 0.25) is 0 Å². The average molecular weight is 239 g/mol. The Labute approximate surface area is 94.9 Å². The lowest BCUT2D eigenvalue weighted by atomic mass is 10.3. The van der Waals surface area contributed by atoms with E-state index in [2.05, 4.69) is 20.3 Å². The largest absolute Gasteiger partial charge is 0.478 e. The average Bonchev–Trinajstić information content (AvgIpc) is 2.84. The van der Waals surface area contributed by atoms with Crippen LogP contribution >= 0.6 is 11.8 Å². The Hall–Kier alpha value is -1.83. The molecule has 0 unspecified atom stereocenters. The highest BCUT2D eigenvalue weighted by atomic mass is 32.2. The number of aromatic nitrogens is 5. The van der Waals surface area contributed by atoms with Crippen LogP contribution in [0.1, 0.15) is 16.1 Å². The first-order valence-electron chi connectivity index (χ1n) is 4.41. The molecule has 0 fully saturated rings. The predicted molar refractivity (Wildman–Crippen MR) is 56.1 cm³/mol. The number of hydrogen-bond donors (Lipinski definition) is 2. The molecule has 7 nitrogen and oxygen atoms in total. The summed E-state index contributed by atoms with van der Waals surface area (Å²) < 4.78 is 1.55. The van der Waals surface area contributed by atoms with E-state index in [1.165, 1.54) is 24.3 Å². The molecule has 16 heavy (non-hydrogen) atoms. The highest BCUT2D eigenvalue weighted by Gasteiger charge is 2.15. The smallest absolute Gasteiger partial charge is 0.339 e. The third kappa shape index (κ3) is 2.06. The Balaban J connectivity index is 2.14. The van der Waals surface area contributed by atoms with E-state index in [4.69, 9.17) is 5.11 Å². The van der Waals surface area contributed by atoms with Gasteiger partial charge >= 0.3 is 5.97 Å². The van der Waals surface area contributed by atoms with Crippen molar-refractivity contribution in [1.29, 1.82) is 0 Å². The fourth-order valence-electron chi connectivity index (χ4n) is 1.21. The van der Waals surface area contributed by atoms with Gasteiger partial charge in [-0.15, -0.1) is 0 Å². The summed E-state index contributed by atoms with van der Waals surface area (Å²) in [6.07, 6.45) is 2.75. The minimum absolute atomic E-state index is 0.217. The van der Waals surface area contributed by atoms with Crippen molar-refractivity contribution in [3.05, 3.63) is 23.8 Å². The van der Waals surface area contributed by atoms with Crippen LogP contribution in [-0.4, -0.2) is 36.0 Å². The lowest BCUT2D eigenvalue weighted by Gasteiger charge is -2.01. The molecule has 0 aliphatic carbocycles. The van der Waals surface area contributed by atoms with Gasteiger partial charge in [-0.1, -0.05) is 11.8 Å². The summed E-state index contributed by atoms with van der Waals surface area (Å²) >= 11 is 1.38. The Morgan fingerprint density at radius 2 is 2.50 bits per heavy atom. The van der Waals surface area contributed by atoms with E-state index < -0.39 is 5.97 Å². The molecule has 0 amide bonds. The van der Waals surface area contributed by atoms with Gasteiger partial charge in [0.05, 0.1) is 11.9 Å². The number of aromatic carboxylic acids is 1. The quantitative estimate of drug-likeness (QED) is 0.755. The van der Waals surface area contributed by atoms with E-state index in [1.54, 1.807) is 11.7 Å². The van der Waals surface area contributed by atoms with Crippen molar-refractivity contribution in [2.45, 2.75) is 10.9 Å². The van der Waals surface area contributed by atoms with Crippen LogP contribution in [0.5, 0.6) is 0 Å². The summed E-state index contributed by atoms with van der Waals surface area (Å²) in [5.41, 5.74) is 0.864. The number of nitrogens with zero attached hydrogens (tertiary/aromatic N) is 4. The molecular formula is C8H9N5O2S. The lowest BCUT2D eigenvalue weighted by Crippen LogP contribution is -2.03. The molecule has 0 aromatic carbocycles. The number of aryl methyl sites for hydroxylation is 1. The van der Waals surface area contributed by atoms with Crippen molar-refractivity contribution in [1.82, 2.24) is 25.0 Å². The molecule has 0 aliphatic rings. The summed E-state index contributed by atoms with van der Waals surface area (Å²) in [5, 5.41) is 19.9. The minimum atomic E-state index is -0.971. The maximum absolute atomic E-state index is 10.9. The van der Waals surface area contributed by atoms with Crippen LogP contribution < -0.4 is 0 Å². The molecule has 0 bridgehead atoms. The van der Waals surface area contributed by atoms with Gasteiger partial charge in [0.25, 0.3) is 0 Å². The number of hydrogen-bond acceptors (Lipinski definition) is 5. The monoisotopic (exact) mass is 239 g/mol. The fourth-order valence-corrected chi connectivity index (χ4v) is 2.07. The minimum Gasteiger partial charge on any atom is -0.478 e. The highest BCUT2D eigenvalue weighted by Crippen LogP contribution is 2.20. The number of carbonyl (C=O) groups is 1. The van der Waals surface area contributed by atoms with Gasteiger partial charge in [-0.2, -0.15) is 10.2 Å². The summed E-state index contributed by atoms with van der Waals surface area (Å²) in [4.78, 5) is 14.8. The van der Waals surface area contributed by atoms with Crippen molar-refractivity contribution in [3.8, 4) is 0 Å². The van der Waals surface area contributed by atoms with E-state index >= 15 is 0 Å². The number of carboxylic acids is 1. The van der Waals surface area contributed by atoms with E-state index in [0.29, 0.717) is 16.6 Å².